The third-order valence-corrected chi connectivity index (χ3v) is 5.89. The number of para-hydroxylation sites is 1. The summed E-state index contributed by atoms with van der Waals surface area (Å²) in [5.74, 6) is 0.825. The average molecular weight is 338 g/mol. The number of hydrogen-bond acceptors (Lipinski definition) is 8. The molecule has 5 nitrogen and oxygen atoms in total. The highest BCUT2D eigenvalue weighted by Crippen LogP contribution is 2.31. The zero-order chi connectivity index (χ0) is 14.5. The van der Waals surface area contributed by atoms with Gasteiger partial charge in [-0.05, 0) is 12.1 Å². The van der Waals surface area contributed by atoms with E-state index < -0.39 is 0 Å². The molecule has 1 N–H and O–H groups in total. The summed E-state index contributed by atoms with van der Waals surface area (Å²) in [5, 5.41) is 13.4. The van der Waals surface area contributed by atoms with E-state index in [9.17, 15) is 0 Å². The lowest BCUT2D eigenvalue weighted by atomic mass is 10.3. The van der Waals surface area contributed by atoms with Crippen LogP contribution in [-0.2, 0) is 10.5 Å². The van der Waals surface area contributed by atoms with E-state index in [1.807, 2.05) is 18.2 Å². The molecule has 0 amide bonds. The molecular weight excluding hydrogens is 324 g/mol. The molecule has 0 radical (unpaired) electrons. The minimum absolute atomic E-state index is 0.660. The van der Waals surface area contributed by atoms with Crippen LogP contribution in [0.3, 0.4) is 0 Å². The maximum Gasteiger partial charge on any atom is 0.206 e. The second-order valence-electron chi connectivity index (χ2n) is 4.16. The first-order valence-electron chi connectivity index (χ1n) is 6.39. The Hall–Kier alpha value is -1.22. The van der Waals surface area contributed by atoms with E-state index in [0.29, 0.717) is 6.61 Å². The highest BCUT2D eigenvalue weighted by atomic mass is 32.2. The van der Waals surface area contributed by atoms with E-state index >= 15 is 0 Å². The van der Waals surface area contributed by atoms with Crippen LogP contribution in [0.5, 0.6) is 0 Å². The van der Waals surface area contributed by atoms with Crippen LogP contribution in [0.25, 0.3) is 10.2 Å². The number of rotatable bonds is 7. The van der Waals surface area contributed by atoms with E-state index in [4.69, 9.17) is 4.74 Å². The Morgan fingerprint density at radius 3 is 3.00 bits per heavy atom. The van der Waals surface area contributed by atoms with Crippen molar-refractivity contribution in [1.29, 1.82) is 0 Å². The summed E-state index contributed by atoms with van der Waals surface area (Å²) in [6, 6.07) is 8.20. The quantitative estimate of drug-likeness (QED) is 0.525. The Bertz CT molecular complexity index is 679. The van der Waals surface area contributed by atoms with E-state index in [1.54, 1.807) is 41.5 Å². The molecule has 3 rings (SSSR count). The summed E-state index contributed by atoms with van der Waals surface area (Å²) in [6.07, 6.45) is 0. The predicted molar refractivity (Wildman–Crippen MR) is 89.5 cm³/mol. The van der Waals surface area contributed by atoms with Crippen molar-refractivity contribution in [3.8, 4) is 0 Å². The molecule has 110 valence electrons. The lowest BCUT2D eigenvalue weighted by molar-refractivity contribution is 0.211. The minimum atomic E-state index is 0.660. The van der Waals surface area contributed by atoms with Gasteiger partial charge in [-0.2, -0.15) is 0 Å². The monoisotopic (exact) mass is 338 g/mol. The Morgan fingerprint density at radius 1 is 1.24 bits per heavy atom. The molecule has 0 saturated carbocycles. The lowest BCUT2D eigenvalue weighted by Gasteiger charge is -1.98. The van der Waals surface area contributed by atoms with Gasteiger partial charge in [0.15, 0.2) is 4.34 Å². The zero-order valence-corrected chi connectivity index (χ0v) is 13.9. The molecule has 0 aliphatic carbocycles. The molecule has 0 aliphatic heterocycles. The summed E-state index contributed by atoms with van der Waals surface area (Å²) in [6.45, 7) is 1.40. The normalized spacial score (nSPS) is 11.1. The molecule has 0 saturated heterocycles. The Morgan fingerprint density at radius 2 is 2.14 bits per heavy atom. The van der Waals surface area contributed by atoms with Gasteiger partial charge in [-0.1, -0.05) is 35.2 Å². The van der Waals surface area contributed by atoms with Crippen molar-refractivity contribution in [2.45, 2.75) is 10.1 Å². The van der Waals surface area contributed by atoms with Crippen LogP contribution < -0.4 is 5.32 Å². The number of anilines is 1. The smallest absolute Gasteiger partial charge is 0.206 e. The van der Waals surface area contributed by atoms with E-state index in [-0.39, 0.29) is 0 Å². The SMILES string of the molecule is COCCNc1nnc(SCc2nc3ccccc3s2)s1. The van der Waals surface area contributed by atoms with Gasteiger partial charge >= 0.3 is 0 Å². The summed E-state index contributed by atoms with van der Waals surface area (Å²) in [5.41, 5.74) is 1.07. The molecule has 0 atom stereocenters. The fourth-order valence-electron chi connectivity index (χ4n) is 1.70. The predicted octanol–water partition coefficient (Wildman–Crippen LogP) is 3.50. The molecule has 0 unspecified atom stereocenters. The fourth-order valence-corrected chi connectivity index (χ4v) is 4.44. The second kappa shape index (κ2) is 7.17. The summed E-state index contributed by atoms with van der Waals surface area (Å²) in [4.78, 5) is 4.62. The number of hydrogen-bond donors (Lipinski definition) is 1. The maximum atomic E-state index is 4.99. The van der Waals surface area contributed by atoms with Crippen LogP contribution in [0.4, 0.5) is 5.13 Å². The van der Waals surface area contributed by atoms with Crippen molar-refractivity contribution >= 4 is 49.8 Å². The molecule has 2 aromatic heterocycles. The third-order valence-electron chi connectivity index (χ3n) is 2.65. The first kappa shape index (κ1) is 14.7. The molecule has 21 heavy (non-hydrogen) atoms. The number of aromatic nitrogens is 3. The molecule has 2 heterocycles. The maximum absolute atomic E-state index is 4.99. The summed E-state index contributed by atoms with van der Waals surface area (Å²) < 4.78 is 7.17. The summed E-state index contributed by atoms with van der Waals surface area (Å²) in [7, 11) is 1.68. The number of methoxy groups -OCH3 is 1. The highest BCUT2D eigenvalue weighted by Gasteiger charge is 2.07. The molecule has 3 aromatic rings. The zero-order valence-electron chi connectivity index (χ0n) is 11.4. The van der Waals surface area contributed by atoms with Crippen molar-refractivity contribution in [1.82, 2.24) is 15.2 Å². The summed E-state index contributed by atoms with van der Waals surface area (Å²) >= 11 is 4.96. The number of thiazole rings is 1. The van der Waals surface area contributed by atoms with Gasteiger partial charge in [0.05, 0.1) is 22.6 Å². The molecule has 1 aromatic carbocycles. The van der Waals surface area contributed by atoms with E-state index in [2.05, 4.69) is 26.6 Å². The van der Waals surface area contributed by atoms with Crippen molar-refractivity contribution in [2.75, 3.05) is 25.6 Å². The van der Waals surface area contributed by atoms with E-state index in [1.165, 1.54) is 4.70 Å². The Balaban J connectivity index is 1.57. The topological polar surface area (TPSA) is 59.9 Å². The number of nitrogens with one attached hydrogen (secondary N) is 1. The Kier molecular flexibility index (Phi) is 5.02. The van der Waals surface area contributed by atoms with Crippen LogP contribution in [-0.4, -0.2) is 35.4 Å². The number of benzene rings is 1. The number of nitrogens with zero attached hydrogens (tertiary/aromatic N) is 3. The standard InChI is InChI=1S/C13H14N4OS3/c1-18-7-6-14-12-16-17-13(21-12)19-8-11-15-9-4-2-3-5-10(9)20-11/h2-5H,6-8H2,1H3,(H,14,16). The van der Waals surface area contributed by atoms with Crippen molar-refractivity contribution in [3.05, 3.63) is 29.3 Å². The van der Waals surface area contributed by atoms with Crippen molar-refractivity contribution in [2.24, 2.45) is 0 Å². The van der Waals surface area contributed by atoms with Crippen LogP contribution in [0.1, 0.15) is 5.01 Å². The third kappa shape index (κ3) is 3.91. The number of thioether (sulfide) groups is 1. The molecule has 0 fully saturated rings. The van der Waals surface area contributed by atoms with Crippen molar-refractivity contribution < 1.29 is 4.74 Å². The van der Waals surface area contributed by atoms with Gasteiger partial charge in [0, 0.05) is 13.7 Å². The molecular formula is C13H14N4OS3. The van der Waals surface area contributed by atoms with Gasteiger partial charge in [0.1, 0.15) is 5.01 Å². The van der Waals surface area contributed by atoms with Gasteiger partial charge < -0.3 is 10.1 Å². The number of fused-ring (bicyclic) bond motifs is 1. The van der Waals surface area contributed by atoms with Crippen LogP contribution in [0, 0.1) is 0 Å². The van der Waals surface area contributed by atoms with Crippen LogP contribution in [0.2, 0.25) is 0 Å². The molecule has 0 bridgehead atoms. The molecule has 0 spiro atoms. The van der Waals surface area contributed by atoms with Crippen LogP contribution in [0.15, 0.2) is 28.6 Å². The van der Waals surface area contributed by atoms with Gasteiger partial charge in [-0.15, -0.1) is 21.5 Å². The molecule has 8 heteroatoms. The van der Waals surface area contributed by atoms with Gasteiger partial charge in [0.2, 0.25) is 5.13 Å². The van der Waals surface area contributed by atoms with Gasteiger partial charge in [0.25, 0.3) is 0 Å². The van der Waals surface area contributed by atoms with E-state index in [0.717, 1.165) is 32.3 Å². The van der Waals surface area contributed by atoms with Gasteiger partial charge in [-0.25, -0.2) is 4.98 Å². The highest BCUT2D eigenvalue weighted by molar-refractivity contribution is 8.00. The first-order chi connectivity index (χ1) is 10.3. The first-order valence-corrected chi connectivity index (χ1v) is 9.00. The second-order valence-corrected chi connectivity index (χ2v) is 7.47. The molecule has 0 aliphatic rings. The average Bonchev–Trinajstić information content (AvgIpc) is 3.11. The van der Waals surface area contributed by atoms with Gasteiger partial charge in [-0.3, -0.25) is 0 Å². The lowest BCUT2D eigenvalue weighted by Crippen LogP contribution is -2.06. The Labute approximate surface area is 134 Å². The van der Waals surface area contributed by atoms with Crippen molar-refractivity contribution in [3.63, 3.8) is 0 Å². The van der Waals surface area contributed by atoms with Crippen LogP contribution >= 0.6 is 34.4 Å². The largest absolute Gasteiger partial charge is 0.383 e. The fraction of sp³-hybridized carbons (Fsp3) is 0.308. The number of ether oxygens (including phenoxy) is 1. The minimum Gasteiger partial charge on any atom is -0.383 e.